The molecule has 4 heterocycles. The van der Waals surface area contributed by atoms with E-state index in [1.165, 1.54) is 12.5 Å². The topological polar surface area (TPSA) is 63.6 Å². The smallest absolute Gasteiger partial charge is 0.257 e. The number of rotatable bonds is 1. The van der Waals surface area contributed by atoms with E-state index in [4.69, 9.17) is 4.42 Å². The van der Waals surface area contributed by atoms with E-state index in [-0.39, 0.29) is 5.91 Å². The molecule has 0 unspecified atom stereocenters. The third-order valence-corrected chi connectivity index (χ3v) is 3.83. The average Bonchev–Trinajstić information content (AvgIpc) is 3.14. The first-order valence-corrected chi connectivity index (χ1v) is 6.87. The van der Waals surface area contributed by atoms with Crippen LogP contribution in [0.4, 0.5) is 0 Å². The molecule has 0 atom stereocenters. The van der Waals surface area contributed by atoms with Crippen molar-refractivity contribution in [3.8, 4) is 0 Å². The summed E-state index contributed by atoms with van der Waals surface area (Å²) in [5, 5.41) is 4.48. The van der Waals surface area contributed by atoms with E-state index in [0.717, 1.165) is 29.0 Å². The van der Waals surface area contributed by atoms with Gasteiger partial charge in [0.15, 0.2) is 5.65 Å². The van der Waals surface area contributed by atoms with Crippen molar-refractivity contribution in [2.75, 3.05) is 6.54 Å². The number of amides is 1. The van der Waals surface area contributed by atoms with Crippen LogP contribution in [0.5, 0.6) is 0 Å². The minimum absolute atomic E-state index is 0.00820. The van der Waals surface area contributed by atoms with Gasteiger partial charge in [-0.25, -0.2) is 9.50 Å². The SMILES string of the molecule is Cc1cc2ncc3c(n2n1)CCN(C(=O)c1ccoc1)C3. The molecule has 106 valence electrons. The molecule has 0 radical (unpaired) electrons. The summed E-state index contributed by atoms with van der Waals surface area (Å²) in [5.74, 6) is -0.00820. The summed E-state index contributed by atoms with van der Waals surface area (Å²) in [6, 6.07) is 3.65. The highest BCUT2D eigenvalue weighted by Crippen LogP contribution is 2.21. The van der Waals surface area contributed by atoms with Crippen LogP contribution < -0.4 is 0 Å². The lowest BCUT2D eigenvalue weighted by Crippen LogP contribution is -2.36. The summed E-state index contributed by atoms with van der Waals surface area (Å²) in [5.41, 5.74) is 4.59. The number of furan rings is 1. The minimum atomic E-state index is -0.00820. The van der Waals surface area contributed by atoms with Gasteiger partial charge in [-0.05, 0) is 13.0 Å². The van der Waals surface area contributed by atoms with E-state index in [2.05, 4.69) is 10.1 Å². The second-order valence-corrected chi connectivity index (χ2v) is 5.27. The molecule has 1 amide bonds. The zero-order valence-electron chi connectivity index (χ0n) is 11.6. The maximum absolute atomic E-state index is 12.4. The number of hydrogen-bond acceptors (Lipinski definition) is 4. The summed E-state index contributed by atoms with van der Waals surface area (Å²) in [7, 11) is 0. The summed E-state index contributed by atoms with van der Waals surface area (Å²) in [6.45, 7) is 3.19. The van der Waals surface area contributed by atoms with Gasteiger partial charge in [-0.2, -0.15) is 5.10 Å². The van der Waals surface area contributed by atoms with Crippen LogP contribution in [0.1, 0.15) is 27.3 Å². The van der Waals surface area contributed by atoms with Gasteiger partial charge in [0.05, 0.1) is 23.2 Å². The number of nitrogens with zero attached hydrogens (tertiary/aromatic N) is 4. The van der Waals surface area contributed by atoms with Crippen molar-refractivity contribution in [1.29, 1.82) is 0 Å². The maximum Gasteiger partial charge on any atom is 0.257 e. The Bertz CT molecular complexity index is 820. The van der Waals surface area contributed by atoms with Gasteiger partial charge >= 0.3 is 0 Å². The van der Waals surface area contributed by atoms with E-state index in [0.29, 0.717) is 18.7 Å². The van der Waals surface area contributed by atoms with Crippen molar-refractivity contribution >= 4 is 11.6 Å². The van der Waals surface area contributed by atoms with E-state index >= 15 is 0 Å². The number of hydrogen-bond donors (Lipinski definition) is 0. The summed E-state index contributed by atoms with van der Waals surface area (Å²) < 4.78 is 6.88. The first-order valence-electron chi connectivity index (χ1n) is 6.87. The first kappa shape index (κ1) is 12.1. The number of carbonyl (C=O) groups excluding carboxylic acids is 1. The fourth-order valence-corrected chi connectivity index (χ4v) is 2.80. The van der Waals surface area contributed by atoms with Crippen LogP contribution in [-0.2, 0) is 13.0 Å². The number of fused-ring (bicyclic) bond motifs is 3. The zero-order chi connectivity index (χ0) is 14.4. The van der Waals surface area contributed by atoms with Crippen molar-refractivity contribution in [1.82, 2.24) is 19.5 Å². The molecule has 0 spiro atoms. The second kappa shape index (κ2) is 4.44. The fourth-order valence-electron chi connectivity index (χ4n) is 2.80. The number of aryl methyl sites for hydroxylation is 1. The van der Waals surface area contributed by atoms with E-state index in [9.17, 15) is 4.79 Å². The average molecular weight is 282 g/mol. The monoisotopic (exact) mass is 282 g/mol. The Morgan fingerprint density at radius 3 is 3.14 bits per heavy atom. The van der Waals surface area contributed by atoms with Crippen LogP contribution in [0.15, 0.2) is 35.3 Å². The van der Waals surface area contributed by atoms with Gasteiger partial charge in [0, 0.05) is 37.3 Å². The largest absolute Gasteiger partial charge is 0.472 e. The predicted octanol–water partition coefficient (Wildman–Crippen LogP) is 1.83. The lowest BCUT2D eigenvalue weighted by atomic mass is 10.1. The van der Waals surface area contributed by atoms with Crippen LogP contribution in [-0.4, -0.2) is 31.9 Å². The van der Waals surface area contributed by atoms with Crippen LogP contribution in [0.25, 0.3) is 5.65 Å². The molecule has 1 aliphatic heterocycles. The van der Waals surface area contributed by atoms with Gasteiger partial charge < -0.3 is 9.32 Å². The molecule has 0 aliphatic carbocycles. The molecular weight excluding hydrogens is 268 g/mol. The number of aromatic nitrogens is 3. The molecule has 4 rings (SSSR count). The first-order chi connectivity index (χ1) is 10.2. The van der Waals surface area contributed by atoms with Crippen molar-refractivity contribution in [3.63, 3.8) is 0 Å². The Kier molecular flexibility index (Phi) is 2.57. The molecule has 0 saturated heterocycles. The maximum atomic E-state index is 12.4. The Morgan fingerprint density at radius 1 is 1.43 bits per heavy atom. The Hall–Kier alpha value is -2.63. The van der Waals surface area contributed by atoms with Gasteiger partial charge in [0.1, 0.15) is 6.26 Å². The normalized spacial score (nSPS) is 14.4. The highest BCUT2D eigenvalue weighted by atomic mass is 16.3. The van der Waals surface area contributed by atoms with Crippen molar-refractivity contribution in [3.05, 3.63) is 53.4 Å². The third-order valence-electron chi connectivity index (χ3n) is 3.83. The van der Waals surface area contributed by atoms with Crippen LogP contribution >= 0.6 is 0 Å². The predicted molar refractivity (Wildman–Crippen MR) is 74.9 cm³/mol. The minimum Gasteiger partial charge on any atom is -0.472 e. The summed E-state index contributed by atoms with van der Waals surface area (Å²) in [4.78, 5) is 18.6. The molecule has 6 heteroatoms. The molecule has 0 aromatic carbocycles. The third kappa shape index (κ3) is 1.91. The molecule has 1 aliphatic rings. The molecule has 21 heavy (non-hydrogen) atoms. The van der Waals surface area contributed by atoms with Crippen molar-refractivity contribution in [2.24, 2.45) is 0 Å². The van der Waals surface area contributed by atoms with Crippen molar-refractivity contribution < 1.29 is 9.21 Å². The lowest BCUT2D eigenvalue weighted by molar-refractivity contribution is 0.0732. The lowest BCUT2D eigenvalue weighted by Gasteiger charge is -2.28. The molecule has 0 saturated carbocycles. The highest BCUT2D eigenvalue weighted by molar-refractivity contribution is 5.93. The van der Waals surface area contributed by atoms with Gasteiger partial charge in [0.2, 0.25) is 0 Å². The summed E-state index contributed by atoms with van der Waals surface area (Å²) >= 11 is 0. The molecule has 6 nitrogen and oxygen atoms in total. The zero-order valence-corrected chi connectivity index (χ0v) is 11.6. The Morgan fingerprint density at radius 2 is 2.33 bits per heavy atom. The molecule has 3 aromatic heterocycles. The quantitative estimate of drug-likeness (QED) is 0.683. The Labute approximate surface area is 121 Å². The molecule has 0 fully saturated rings. The second-order valence-electron chi connectivity index (χ2n) is 5.27. The van der Waals surface area contributed by atoms with E-state index in [1.54, 1.807) is 6.07 Å². The van der Waals surface area contributed by atoms with Gasteiger partial charge in [-0.15, -0.1) is 0 Å². The van der Waals surface area contributed by atoms with Crippen molar-refractivity contribution in [2.45, 2.75) is 19.9 Å². The van der Waals surface area contributed by atoms with Crippen LogP contribution in [0.2, 0.25) is 0 Å². The highest BCUT2D eigenvalue weighted by Gasteiger charge is 2.24. The molecule has 3 aromatic rings. The van der Waals surface area contributed by atoms with E-state index in [1.807, 2.05) is 28.6 Å². The van der Waals surface area contributed by atoms with Crippen LogP contribution in [0.3, 0.4) is 0 Å². The standard InChI is InChI=1S/C15H14N4O2/c1-10-6-14-16-7-12-8-18(4-2-13(12)19(14)17-10)15(20)11-3-5-21-9-11/h3,5-7,9H,2,4,8H2,1H3. The van der Waals surface area contributed by atoms with Gasteiger partial charge in [0.25, 0.3) is 5.91 Å². The summed E-state index contributed by atoms with van der Waals surface area (Å²) in [6.07, 6.45) is 5.62. The van der Waals surface area contributed by atoms with Gasteiger partial charge in [-0.1, -0.05) is 0 Å². The Balaban J connectivity index is 1.69. The van der Waals surface area contributed by atoms with E-state index < -0.39 is 0 Å². The molecular formula is C15H14N4O2. The number of carbonyl (C=O) groups is 1. The van der Waals surface area contributed by atoms with Gasteiger partial charge in [-0.3, -0.25) is 4.79 Å². The molecule has 0 bridgehead atoms. The van der Waals surface area contributed by atoms with Crippen LogP contribution in [0, 0.1) is 6.92 Å². The molecule has 0 N–H and O–H groups in total. The fraction of sp³-hybridized carbons (Fsp3) is 0.267.